The van der Waals surface area contributed by atoms with E-state index in [9.17, 15) is 14.9 Å². The summed E-state index contributed by atoms with van der Waals surface area (Å²) in [5.74, 6) is 0. The first-order valence-corrected chi connectivity index (χ1v) is 13.1. The molecule has 0 atom stereocenters. The fourth-order valence-electron chi connectivity index (χ4n) is 5.04. The van der Waals surface area contributed by atoms with E-state index < -0.39 is 0 Å². The molecule has 0 radical (unpaired) electrons. The van der Waals surface area contributed by atoms with Crippen molar-refractivity contribution in [1.29, 1.82) is 0 Å². The summed E-state index contributed by atoms with van der Waals surface area (Å²) < 4.78 is 13.1. The Balaban J connectivity index is 1.55. The molecule has 6 rings (SSSR count). The first kappa shape index (κ1) is 23.8. The van der Waals surface area contributed by atoms with E-state index >= 15 is 0 Å². The zero-order valence-corrected chi connectivity index (χ0v) is 21.5. The molecule has 0 bridgehead atoms. The van der Waals surface area contributed by atoms with Gasteiger partial charge in [0.1, 0.15) is 5.69 Å². The van der Waals surface area contributed by atoms with Crippen LogP contribution in [0.3, 0.4) is 0 Å². The smallest absolute Gasteiger partial charge is 0.293 e. The van der Waals surface area contributed by atoms with E-state index in [2.05, 4.69) is 9.88 Å². The number of nitro groups is 1. The molecule has 2 saturated heterocycles. The monoisotopic (exact) mass is 521 g/mol. The predicted molar refractivity (Wildman–Crippen MR) is 144 cm³/mol. The van der Waals surface area contributed by atoms with E-state index in [4.69, 9.17) is 9.47 Å². The van der Waals surface area contributed by atoms with Gasteiger partial charge in [-0.3, -0.25) is 14.9 Å². The van der Waals surface area contributed by atoms with Crippen molar-refractivity contribution in [3.05, 3.63) is 66.0 Å². The molecule has 2 aromatic heterocycles. The number of anilines is 2. The highest BCUT2D eigenvalue weighted by Gasteiger charge is 2.26. The SMILES string of the molecule is Cc1cc2nc3s/c(=C/c4cc([N+](=O)[O-])c(N5CCOCC5)cc4N4CCOCC4)c(=O)n3c2cc1C. The number of benzene rings is 2. The minimum atomic E-state index is -0.344. The fraction of sp³-hybridized carbons (Fsp3) is 0.385. The number of imidazole rings is 1. The Morgan fingerprint density at radius 2 is 1.57 bits per heavy atom. The normalized spacial score (nSPS) is 17.3. The van der Waals surface area contributed by atoms with Crippen LogP contribution in [0.4, 0.5) is 17.1 Å². The van der Waals surface area contributed by atoms with Gasteiger partial charge in [0.25, 0.3) is 11.2 Å². The predicted octanol–water partition coefficient (Wildman–Crippen LogP) is 2.66. The molecule has 4 heterocycles. The van der Waals surface area contributed by atoms with Gasteiger partial charge in [0.2, 0.25) is 0 Å². The van der Waals surface area contributed by atoms with Crippen LogP contribution in [0.15, 0.2) is 29.1 Å². The second-order valence-electron chi connectivity index (χ2n) is 9.43. The number of fused-ring (bicyclic) bond motifs is 3. The lowest BCUT2D eigenvalue weighted by molar-refractivity contribution is -0.384. The number of hydrogen-bond donors (Lipinski definition) is 0. The lowest BCUT2D eigenvalue weighted by atomic mass is 10.1. The van der Waals surface area contributed by atoms with Crippen molar-refractivity contribution in [3.8, 4) is 0 Å². The van der Waals surface area contributed by atoms with Gasteiger partial charge >= 0.3 is 0 Å². The molecule has 2 aliphatic heterocycles. The average Bonchev–Trinajstić information content (AvgIpc) is 3.40. The van der Waals surface area contributed by atoms with Crippen molar-refractivity contribution in [2.24, 2.45) is 0 Å². The lowest BCUT2D eigenvalue weighted by Gasteiger charge is -2.33. The molecule has 11 heteroatoms. The molecular formula is C26H27N5O5S. The molecule has 10 nitrogen and oxygen atoms in total. The molecule has 0 amide bonds. The van der Waals surface area contributed by atoms with Crippen LogP contribution >= 0.6 is 11.3 Å². The van der Waals surface area contributed by atoms with Gasteiger partial charge < -0.3 is 19.3 Å². The maximum Gasteiger partial charge on any atom is 0.293 e. The van der Waals surface area contributed by atoms with E-state index in [1.54, 1.807) is 16.5 Å². The zero-order chi connectivity index (χ0) is 25.7. The minimum absolute atomic E-state index is 0.0236. The van der Waals surface area contributed by atoms with Crippen molar-refractivity contribution in [2.45, 2.75) is 13.8 Å². The van der Waals surface area contributed by atoms with Gasteiger partial charge in [-0.15, -0.1) is 0 Å². The van der Waals surface area contributed by atoms with Gasteiger partial charge in [-0.25, -0.2) is 9.38 Å². The highest BCUT2D eigenvalue weighted by atomic mass is 32.1. The number of aryl methyl sites for hydroxylation is 2. The summed E-state index contributed by atoms with van der Waals surface area (Å²) in [7, 11) is 0. The summed E-state index contributed by atoms with van der Waals surface area (Å²) in [5, 5.41) is 12.2. The fourth-order valence-corrected chi connectivity index (χ4v) is 6.02. The molecule has 37 heavy (non-hydrogen) atoms. The summed E-state index contributed by atoms with van der Waals surface area (Å²) in [4.78, 5) is 34.8. The number of thiazole rings is 1. The topological polar surface area (TPSA) is 102 Å². The average molecular weight is 522 g/mol. The maximum absolute atomic E-state index is 13.5. The van der Waals surface area contributed by atoms with Gasteiger partial charge in [-0.05, 0) is 49.2 Å². The van der Waals surface area contributed by atoms with E-state index in [1.165, 1.54) is 11.3 Å². The molecule has 2 fully saturated rings. The van der Waals surface area contributed by atoms with E-state index in [1.807, 2.05) is 36.9 Å². The van der Waals surface area contributed by atoms with Crippen LogP contribution in [0.2, 0.25) is 0 Å². The van der Waals surface area contributed by atoms with Crippen molar-refractivity contribution in [3.63, 3.8) is 0 Å². The number of nitro benzene ring substituents is 1. The van der Waals surface area contributed by atoms with Crippen molar-refractivity contribution >= 4 is 50.5 Å². The number of hydrogen-bond acceptors (Lipinski definition) is 9. The second kappa shape index (κ2) is 9.40. The highest BCUT2D eigenvalue weighted by Crippen LogP contribution is 2.37. The zero-order valence-electron chi connectivity index (χ0n) is 20.7. The third-order valence-corrected chi connectivity index (χ3v) is 8.13. The van der Waals surface area contributed by atoms with E-state index in [0.717, 1.165) is 27.8 Å². The van der Waals surface area contributed by atoms with Crippen molar-refractivity contribution in [2.75, 3.05) is 62.4 Å². The van der Waals surface area contributed by atoms with Crippen molar-refractivity contribution in [1.82, 2.24) is 9.38 Å². The van der Waals surface area contributed by atoms with Crippen LogP contribution in [-0.2, 0) is 9.47 Å². The molecule has 2 aromatic carbocycles. The van der Waals surface area contributed by atoms with Crippen LogP contribution in [-0.4, -0.2) is 66.9 Å². The number of aromatic nitrogens is 2. The quantitative estimate of drug-likeness (QED) is 0.298. The molecule has 2 aliphatic rings. The Morgan fingerprint density at radius 3 is 2.22 bits per heavy atom. The van der Waals surface area contributed by atoms with Gasteiger partial charge in [0.05, 0.1) is 46.9 Å². The summed E-state index contributed by atoms with van der Waals surface area (Å²) in [6.07, 6.45) is 1.77. The number of nitrogens with zero attached hydrogens (tertiary/aromatic N) is 5. The Hall–Kier alpha value is -3.54. The summed E-state index contributed by atoms with van der Waals surface area (Å²) in [5.41, 5.74) is 5.72. The molecule has 0 saturated carbocycles. The molecule has 0 aliphatic carbocycles. The molecule has 0 spiro atoms. The molecule has 192 valence electrons. The standard InChI is InChI=1S/C26H27N5O5S/c1-16-11-19-21(12-17(16)2)30-25(32)24(37-26(30)27-19)14-18-13-23(31(33)34)22(29-5-9-36-10-6-29)15-20(18)28-3-7-35-8-4-28/h11-15H,3-10H2,1-2H3/b24-14+. The Labute approximate surface area is 216 Å². The highest BCUT2D eigenvalue weighted by molar-refractivity contribution is 7.15. The molecule has 4 aromatic rings. The van der Waals surface area contributed by atoms with Gasteiger partial charge in [0, 0.05) is 43.5 Å². The van der Waals surface area contributed by atoms with Crippen LogP contribution in [0.1, 0.15) is 16.7 Å². The van der Waals surface area contributed by atoms with Crippen LogP contribution < -0.4 is 19.9 Å². The third-order valence-electron chi connectivity index (χ3n) is 7.16. The Morgan fingerprint density at radius 1 is 0.946 bits per heavy atom. The van der Waals surface area contributed by atoms with Gasteiger partial charge in [-0.1, -0.05) is 11.3 Å². The van der Waals surface area contributed by atoms with Crippen LogP contribution in [0.5, 0.6) is 0 Å². The van der Waals surface area contributed by atoms with E-state index in [-0.39, 0.29) is 16.2 Å². The second-order valence-corrected chi connectivity index (χ2v) is 10.4. The number of ether oxygens (including phenoxy) is 2. The Bertz CT molecular complexity index is 1630. The van der Waals surface area contributed by atoms with E-state index in [0.29, 0.717) is 73.4 Å². The maximum atomic E-state index is 13.5. The number of morpholine rings is 2. The van der Waals surface area contributed by atoms with Crippen LogP contribution in [0, 0.1) is 24.0 Å². The minimum Gasteiger partial charge on any atom is -0.378 e. The lowest BCUT2D eigenvalue weighted by Crippen LogP contribution is -2.38. The number of rotatable bonds is 4. The first-order chi connectivity index (χ1) is 17.9. The molecule has 0 N–H and O–H groups in total. The molecule has 0 unspecified atom stereocenters. The van der Waals surface area contributed by atoms with Crippen LogP contribution in [0.25, 0.3) is 22.1 Å². The molecular weight excluding hydrogens is 494 g/mol. The third kappa shape index (κ3) is 4.22. The summed E-state index contributed by atoms with van der Waals surface area (Å²) in [6, 6.07) is 7.48. The van der Waals surface area contributed by atoms with Crippen molar-refractivity contribution < 1.29 is 14.4 Å². The largest absolute Gasteiger partial charge is 0.378 e. The van der Waals surface area contributed by atoms with Gasteiger partial charge in [0.15, 0.2) is 4.96 Å². The summed E-state index contributed by atoms with van der Waals surface area (Å²) >= 11 is 1.30. The van der Waals surface area contributed by atoms with Gasteiger partial charge in [-0.2, -0.15) is 0 Å². The first-order valence-electron chi connectivity index (χ1n) is 12.3. The Kier molecular flexibility index (Phi) is 6.06. The summed E-state index contributed by atoms with van der Waals surface area (Å²) in [6.45, 7) is 8.77.